The number of carbonyl (C=O) groups is 1. The fourth-order valence-electron chi connectivity index (χ4n) is 5.10. The molecule has 49 heavy (non-hydrogen) atoms. The van der Waals surface area contributed by atoms with Crippen LogP contribution in [0.4, 0.5) is 29.7 Å². The van der Waals surface area contributed by atoms with Crippen LogP contribution in [0.25, 0.3) is 22.5 Å². The first kappa shape index (κ1) is 35.2. The Hall–Kier alpha value is -5.08. The maximum Gasteiger partial charge on any atom is 0.419 e. The van der Waals surface area contributed by atoms with Gasteiger partial charge in [-0.15, -0.1) is 0 Å². The average molecular weight is 705 g/mol. The SMILES string of the molecule is COCCOC(=O)N(c1cnc(-c2cnc(OC)nc2)cn1)C1CCC(Nc2ncc(C(F)(F)F)c(-c3cncc(S(N)(=O)=O)c3)n2)CC1. The van der Waals surface area contributed by atoms with E-state index in [0.717, 1.165) is 18.5 Å². The average Bonchev–Trinajstić information content (AvgIpc) is 3.09. The Labute approximate surface area is 278 Å². The van der Waals surface area contributed by atoms with Crippen molar-refractivity contribution in [2.75, 3.05) is 37.7 Å². The minimum atomic E-state index is -4.84. The summed E-state index contributed by atoms with van der Waals surface area (Å²) in [5, 5.41) is 8.22. The molecule has 1 aliphatic rings. The van der Waals surface area contributed by atoms with Crippen LogP contribution in [-0.4, -0.2) is 88.9 Å². The van der Waals surface area contributed by atoms with Gasteiger partial charge in [0.1, 0.15) is 17.1 Å². The second kappa shape index (κ2) is 15.0. The molecule has 4 aromatic rings. The lowest BCUT2D eigenvalue weighted by atomic mass is 9.90. The topological polar surface area (TPSA) is 210 Å². The Kier molecular flexibility index (Phi) is 10.8. The van der Waals surface area contributed by atoms with Gasteiger partial charge in [-0.25, -0.2) is 43.3 Å². The van der Waals surface area contributed by atoms with E-state index in [1.807, 2.05) is 0 Å². The minimum absolute atomic E-state index is 0.0145. The number of halogens is 3. The van der Waals surface area contributed by atoms with E-state index in [1.54, 1.807) is 0 Å². The van der Waals surface area contributed by atoms with Crippen molar-refractivity contribution in [3.8, 4) is 28.5 Å². The first-order valence-electron chi connectivity index (χ1n) is 14.7. The van der Waals surface area contributed by atoms with Gasteiger partial charge in [0.2, 0.25) is 16.0 Å². The van der Waals surface area contributed by atoms with Crippen molar-refractivity contribution in [2.45, 2.75) is 48.8 Å². The van der Waals surface area contributed by atoms with Crippen LogP contribution in [0.1, 0.15) is 31.2 Å². The number of anilines is 2. The van der Waals surface area contributed by atoms with Gasteiger partial charge in [-0.3, -0.25) is 14.9 Å². The number of aromatic nitrogens is 7. The van der Waals surface area contributed by atoms with Crippen molar-refractivity contribution in [3.63, 3.8) is 0 Å². The van der Waals surface area contributed by atoms with Crippen molar-refractivity contribution < 1.29 is 40.6 Å². The predicted molar refractivity (Wildman–Crippen MR) is 167 cm³/mol. The van der Waals surface area contributed by atoms with E-state index < -0.39 is 38.4 Å². The van der Waals surface area contributed by atoms with Gasteiger partial charge in [0.05, 0.1) is 37.5 Å². The van der Waals surface area contributed by atoms with Crippen molar-refractivity contribution >= 4 is 27.9 Å². The first-order valence-corrected chi connectivity index (χ1v) is 16.2. The zero-order valence-corrected chi connectivity index (χ0v) is 27.0. The molecule has 1 aliphatic carbocycles. The number of hydrogen-bond acceptors (Lipinski definition) is 14. The van der Waals surface area contributed by atoms with Crippen LogP contribution in [0.2, 0.25) is 0 Å². The second-order valence-electron chi connectivity index (χ2n) is 10.8. The molecule has 20 heteroatoms. The number of ether oxygens (including phenoxy) is 3. The molecule has 0 radical (unpaired) electrons. The molecular weight excluding hydrogens is 673 g/mol. The number of hydrogen-bond donors (Lipinski definition) is 2. The third kappa shape index (κ3) is 8.69. The van der Waals surface area contributed by atoms with Gasteiger partial charge in [-0.2, -0.15) is 13.2 Å². The van der Waals surface area contributed by atoms with E-state index in [-0.39, 0.29) is 48.6 Å². The van der Waals surface area contributed by atoms with Crippen LogP contribution >= 0.6 is 0 Å². The van der Waals surface area contributed by atoms with Crippen molar-refractivity contribution in [2.24, 2.45) is 5.14 Å². The predicted octanol–water partition coefficient (Wildman–Crippen LogP) is 3.47. The fraction of sp³-hybridized carbons (Fsp3) is 0.379. The summed E-state index contributed by atoms with van der Waals surface area (Å²) in [4.78, 5) is 42.9. The third-order valence-corrected chi connectivity index (χ3v) is 8.39. The summed E-state index contributed by atoms with van der Waals surface area (Å²) in [5.41, 5.74) is -0.894. The summed E-state index contributed by atoms with van der Waals surface area (Å²) in [6, 6.07) is 0.536. The number of alkyl halides is 3. The zero-order valence-electron chi connectivity index (χ0n) is 26.2. The van der Waals surface area contributed by atoms with Crippen molar-refractivity contribution in [1.82, 2.24) is 34.9 Å². The molecule has 0 spiro atoms. The lowest BCUT2D eigenvalue weighted by molar-refractivity contribution is -0.137. The highest BCUT2D eigenvalue weighted by atomic mass is 32.2. The van der Waals surface area contributed by atoms with Crippen LogP contribution < -0.4 is 20.1 Å². The van der Waals surface area contributed by atoms with Gasteiger partial charge in [0.25, 0.3) is 0 Å². The lowest BCUT2D eigenvalue weighted by Gasteiger charge is -2.35. The van der Waals surface area contributed by atoms with Crippen LogP contribution in [0.15, 0.2) is 54.3 Å². The molecule has 3 N–H and O–H groups in total. The minimum Gasteiger partial charge on any atom is -0.467 e. The molecule has 0 aromatic carbocycles. The second-order valence-corrected chi connectivity index (χ2v) is 12.3. The van der Waals surface area contributed by atoms with Gasteiger partial charge >= 0.3 is 18.3 Å². The van der Waals surface area contributed by atoms with Gasteiger partial charge < -0.3 is 19.5 Å². The molecule has 260 valence electrons. The van der Waals surface area contributed by atoms with E-state index in [0.29, 0.717) is 43.1 Å². The van der Waals surface area contributed by atoms with E-state index in [4.69, 9.17) is 19.3 Å². The van der Waals surface area contributed by atoms with Crippen molar-refractivity contribution in [3.05, 3.63) is 55.0 Å². The fourth-order valence-corrected chi connectivity index (χ4v) is 5.60. The normalized spacial score (nSPS) is 16.5. The van der Waals surface area contributed by atoms with Crippen LogP contribution in [-0.2, 0) is 25.7 Å². The number of amides is 1. The molecule has 4 aromatic heterocycles. The standard InChI is InChI=1S/C29H31F3N10O6S/c1-46-7-8-48-28(43)42(24-16-35-23(15-36-24)18-11-38-27(47-2)39-12-18)20-5-3-19(4-6-20)40-26-37-14-22(29(30,31)32)25(41-26)17-9-21(13-34-10-17)49(33,44)45/h9-16,19-20H,3-8H2,1-2H3,(H2,33,44,45)(H,37,40,41). The smallest absolute Gasteiger partial charge is 0.419 e. The van der Waals surface area contributed by atoms with Crippen LogP contribution in [0, 0.1) is 0 Å². The number of methoxy groups -OCH3 is 2. The molecule has 16 nitrogen and oxygen atoms in total. The maximum atomic E-state index is 13.9. The number of nitrogens with two attached hydrogens (primary N) is 1. The summed E-state index contributed by atoms with van der Waals surface area (Å²) in [7, 11) is -1.31. The van der Waals surface area contributed by atoms with Crippen LogP contribution in [0.5, 0.6) is 6.01 Å². The molecule has 5 rings (SSSR count). The monoisotopic (exact) mass is 704 g/mol. The number of rotatable bonds is 11. The molecule has 0 aliphatic heterocycles. The van der Waals surface area contributed by atoms with Gasteiger partial charge in [0.15, 0.2) is 5.82 Å². The highest BCUT2D eigenvalue weighted by Crippen LogP contribution is 2.37. The molecular formula is C29H31F3N10O6S. The number of nitrogens with zero attached hydrogens (tertiary/aromatic N) is 8. The number of sulfonamides is 1. The zero-order chi connectivity index (χ0) is 35.2. The van der Waals surface area contributed by atoms with Gasteiger partial charge in [-0.1, -0.05) is 0 Å². The van der Waals surface area contributed by atoms with Gasteiger partial charge in [-0.05, 0) is 31.7 Å². The molecule has 1 saturated carbocycles. The van der Waals surface area contributed by atoms with Crippen molar-refractivity contribution in [1.29, 1.82) is 0 Å². The molecule has 0 bridgehead atoms. The Morgan fingerprint density at radius 2 is 1.67 bits per heavy atom. The Morgan fingerprint density at radius 3 is 2.29 bits per heavy atom. The highest BCUT2D eigenvalue weighted by molar-refractivity contribution is 7.89. The summed E-state index contributed by atoms with van der Waals surface area (Å²) in [6.45, 7) is 0.205. The molecule has 0 atom stereocenters. The van der Waals surface area contributed by atoms with E-state index in [9.17, 15) is 26.4 Å². The number of nitrogens with one attached hydrogen (secondary N) is 1. The molecule has 1 amide bonds. The molecule has 0 saturated heterocycles. The largest absolute Gasteiger partial charge is 0.467 e. The number of carbonyl (C=O) groups excluding carboxylic acids is 1. The van der Waals surface area contributed by atoms with E-state index in [2.05, 4.69) is 40.2 Å². The first-order chi connectivity index (χ1) is 23.4. The van der Waals surface area contributed by atoms with E-state index >= 15 is 0 Å². The maximum absolute atomic E-state index is 13.9. The Bertz CT molecular complexity index is 1860. The Morgan fingerprint density at radius 1 is 0.939 bits per heavy atom. The summed E-state index contributed by atoms with van der Waals surface area (Å²) < 4.78 is 80.7. The van der Waals surface area contributed by atoms with Gasteiger partial charge in [0, 0.05) is 61.3 Å². The van der Waals surface area contributed by atoms with E-state index in [1.165, 1.54) is 43.9 Å². The summed E-state index contributed by atoms with van der Waals surface area (Å²) in [5.74, 6) is 0.148. The highest BCUT2D eigenvalue weighted by Gasteiger charge is 2.37. The Balaban J connectivity index is 1.33. The molecule has 1 fully saturated rings. The molecule has 0 unspecified atom stereocenters. The van der Waals surface area contributed by atoms with Crippen LogP contribution in [0.3, 0.4) is 0 Å². The third-order valence-electron chi connectivity index (χ3n) is 7.51. The number of pyridine rings is 1. The molecule has 4 heterocycles. The summed E-state index contributed by atoms with van der Waals surface area (Å²) in [6.07, 6.45) is 4.98. The number of primary sulfonamides is 1. The quantitative estimate of drug-likeness (QED) is 0.214. The lowest BCUT2D eigenvalue weighted by Crippen LogP contribution is -2.45. The summed E-state index contributed by atoms with van der Waals surface area (Å²) >= 11 is 0.